The predicted octanol–water partition coefficient (Wildman–Crippen LogP) is -2.82. The first-order valence-corrected chi connectivity index (χ1v) is 5.04. The van der Waals surface area contributed by atoms with Crippen molar-refractivity contribution in [3.05, 3.63) is 0 Å². The molecule has 0 saturated carbocycles. The Kier molecular flexibility index (Phi) is 7.03. The van der Waals surface area contributed by atoms with Gasteiger partial charge in [-0.2, -0.15) is 0 Å². The van der Waals surface area contributed by atoms with Crippen molar-refractivity contribution in [1.82, 2.24) is 5.32 Å². The van der Waals surface area contributed by atoms with Crippen molar-refractivity contribution in [3.8, 4) is 0 Å². The molecule has 0 rings (SSSR count). The molecule has 0 saturated heterocycles. The molecule has 0 fully saturated rings. The van der Waals surface area contributed by atoms with Gasteiger partial charge in [-0.25, -0.2) is 4.79 Å². The maximum absolute atomic E-state index is 11.4. The van der Waals surface area contributed by atoms with Gasteiger partial charge in [0.2, 0.25) is 5.91 Å². The number of amides is 1. The van der Waals surface area contributed by atoms with Crippen LogP contribution in [0.5, 0.6) is 0 Å². The number of carboxylic acid groups (broad SMARTS) is 1. The highest BCUT2D eigenvalue weighted by Gasteiger charge is 2.27. The molecule has 17 heavy (non-hydrogen) atoms. The van der Waals surface area contributed by atoms with Crippen LogP contribution in [0.25, 0.3) is 0 Å². The van der Waals surface area contributed by atoms with Gasteiger partial charge >= 0.3 is 5.97 Å². The number of carbonyl (C=O) groups excluding carboxylic acids is 2. The summed E-state index contributed by atoms with van der Waals surface area (Å²) < 4.78 is 0. The molecule has 0 spiro atoms. The van der Waals surface area contributed by atoms with Crippen LogP contribution in [-0.2, 0) is 14.4 Å². The predicted molar refractivity (Wildman–Crippen MR) is 57.9 cm³/mol. The highest BCUT2D eigenvalue weighted by molar-refractivity contribution is 5.83. The summed E-state index contributed by atoms with van der Waals surface area (Å²) in [4.78, 5) is 32.0. The fourth-order valence-corrected chi connectivity index (χ4v) is 1.11. The monoisotopic (exact) mass is 247 g/mol. The maximum atomic E-state index is 11.4. The lowest BCUT2D eigenvalue weighted by Gasteiger charge is -2.21. The van der Waals surface area contributed by atoms with E-state index in [4.69, 9.17) is 16.6 Å². The number of carbonyl (C=O) groups is 3. The molecule has 8 nitrogen and oxygen atoms in total. The fraction of sp³-hybridized carbons (Fsp3) is 0.667. The number of aliphatic hydroxyl groups is 1. The number of carboxylic acids is 1. The summed E-state index contributed by atoms with van der Waals surface area (Å²) in [7, 11) is 0. The van der Waals surface area contributed by atoms with Gasteiger partial charge in [-0.1, -0.05) is 0 Å². The van der Waals surface area contributed by atoms with Crippen LogP contribution in [0.15, 0.2) is 0 Å². The first-order chi connectivity index (χ1) is 7.93. The lowest BCUT2D eigenvalue weighted by atomic mass is 10.1. The standard InChI is InChI=1S/C9H17N3O5/c10-4-6(7(14)9(16)17)12-8(15)5(11)2-1-3-13/h3,5-7,14H,1-2,4,10-11H2,(H,12,15)(H,16,17). The number of aliphatic hydroxyl groups excluding tert-OH is 1. The van der Waals surface area contributed by atoms with E-state index in [1.165, 1.54) is 0 Å². The molecule has 0 heterocycles. The summed E-state index contributed by atoms with van der Waals surface area (Å²) in [5.41, 5.74) is 10.7. The minimum absolute atomic E-state index is 0.128. The Balaban J connectivity index is 4.32. The minimum Gasteiger partial charge on any atom is -0.479 e. The molecular weight excluding hydrogens is 230 g/mol. The first-order valence-electron chi connectivity index (χ1n) is 5.04. The van der Waals surface area contributed by atoms with Crippen molar-refractivity contribution in [2.45, 2.75) is 31.0 Å². The van der Waals surface area contributed by atoms with Crippen LogP contribution >= 0.6 is 0 Å². The van der Waals surface area contributed by atoms with Gasteiger partial charge in [0, 0.05) is 13.0 Å². The van der Waals surface area contributed by atoms with Gasteiger partial charge in [-0.05, 0) is 6.42 Å². The van der Waals surface area contributed by atoms with E-state index in [9.17, 15) is 19.5 Å². The second-order valence-corrected chi connectivity index (χ2v) is 3.48. The number of aldehydes is 1. The lowest BCUT2D eigenvalue weighted by molar-refractivity contribution is -0.148. The van der Waals surface area contributed by atoms with Crippen molar-refractivity contribution in [1.29, 1.82) is 0 Å². The number of nitrogens with one attached hydrogen (secondary N) is 1. The molecular formula is C9H17N3O5. The summed E-state index contributed by atoms with van der Waals surface area (Å²) in [5.74, 6) is -2.13. The zero-order chi connectivity index (χ0) is 13.4. The van der Waals surface area contributed by atoms with Crippen LogP contribution in [0, 0.1) is 0 Å². The van der Waals surface area contributed by atoms with Crippen molar-refractivity contribution < 1.29 is 24.6 Å². The molecule has 0 aliphatic rings. The Morgan fingerprint density at radius 2 is 2.00 bits per heavy atom. The summed E-state index contributed by atoms with van der Waals surface area (Å²) in [6.45, 7) is -0.237. The maximum Gasteiger partial charge on any atom is 0.334 e. The van der Waals surface area contributed by atoms with E-state index < -0.39 is 30.1 Å². The Morgan fingerprint density at radius 3 is 2.41 bits per heavy atom. The van der Waals surface area contributed by atoms with Crippen LogP contribution in [0.4, 0.5) is 0 Å². The van der Waals surface area contributed by atoms with Crippen molar-refractivity contribution in [3.63, 3.8) is 0 Å². The molecule has 0 bridgehead atoms. The molecule has 0 aromatic rings. The third kappa shape index (κ3) is 5.38. The average molecular weight is 247 g/mol. The van der Waals surface area contributed by atoms with Gasteiger partial charge in [0.25, 0.3) is 0 Å². The molecule has 98 valence electrons. The molecule has 0 aliphatic carbocycles. The Hall–Kier alpha value is -1.51. The van der Waals surface area contributed by atoms with E-state index in [2.05, 4.69) is 5.32 Å². The van der Waals surface area contributed by atoms with E-state index in [1.54, 1.807) is 0 Å². The van der Waals surface area contributed by atoms with E-state index >= 15 is 0 Å². The van der Waals surface area contributed by atoms with Crippen LogP contribution in [0.2, 0.25) is 0 Å². The van der Waals surface area contributed by atoms with Crippen LogP contribution in [-0.4, -0.2) is 53.1 Å². The van der Waals surface area contributed by atoms with Gasteiger partial charge in [0.1, 0.15) is 6.29 Å². The number of hydrogen-bond acceptors (Lipinski definition) is 6. The third-order valence-electron chi connectivity index (χ3n) is 2.15. The van der Waals surface area contributed by atoms with Crippen molar-refractivity contribution in [2.75, 3.05) is 6.54 Å². The smallest absolute Gasteiger partial charge is 0.334 e. The zero-order valence-corrected chi connectivity index (χ0v) is 9.20. The van der Waals surface area contributed by atoms with Gasteiger partial charge in [0.05, 0.1) is 12.1 Å². The van der Waals surface area contributed by atoms with E-state index in [1.807, 2.05) is 0 Å². The van der Waals surface area contributed by atoms with Gasteiger partial charge in [-0.15, -0.1) is 0 Å². The zero-order valence-electron chi connectivity index (χ0n) is 9.20. The minimum atomic E-state index is -1.79. The fourth-order valence-electron chi connectivity index (χ4n) is 1.11. The largest absolute Gasteiger partial charge is 0.479 e. The molecule has 0 aromatic heterocycles. The summed E-state index contributed by atoms with van der Waals surface area (Å²) in [6.07, 6.45) is -0.888. The van der Waals surface area contributed by atoms with E-state index in [-0.39, 0.29) is 19.4 Å². The molecule has 0 radical (unpaired) electrons. The third-order valence-corrected chi connectivity index (χ3v) is 2.15. The lowest BCUT2D eigenvalue weighted by Crippen LogP contribution is -2.54. The van der Waals surface area contributed by atoms with Gasteiger partial charge in [-0.3, -0.25) is 4.79 Å². The number of rotatable bonds is 8. The number of aliphatic carboxylic acids is 1. The van der Waals surface area contributed by atoms with Crippen LogP contribution in [0.1, 0.15) is 12.8 Å². The Labute approximate surface area is 98.0 Å². The Bertz CT molecular complexity index is 284. The second kappa shape index (κ2) is 7.71. The summed E-state index contributed by atoms with van der Waals surface area (Å²) >= 11 is 0. The highest BCUT2D eigenvalue weighted by Crippen LogP contribution is 1.96. The molecule has 1 amide bonds. The number of nitrogens with two attached hydrogens (primary N) is 2. The summed E-state index contributed by atoms with van der Waals surface area (Å²) in [6, 6.07) is -2.04. The topological polar surface area (TPSA) is 156 Å². The van der Waals surface area contributed by atoms with Crippen LogP contribution < -0.4 is 16.8 Å². The van der Waals surface area contributed by atoms with E-state index in [0.29, 0.717) is 6.29 Å². The average Bonchev–Trinajstić information content (AvgIpc) is 2.31. The molecule has 7 N–H and O–H groups in total. The van der Waals surface area contributed by atoms with Crippen molar-refractivity contribution in [2.24, 2.45) is 11.5 Å². The molecule has 3 atom stereocenters. The van der Waals surface area contributed by atoms with Crippen molar-refractivity contribution >= 4 is 18.2 Å². The molecule has 0 aliphatic heterocycles. The number of hydrogen-bond donors (Lipinski definition) is 5. The van der Waals surface area contributed by atoms with Crippen LogP contribution in [0.3, 0.4) is 0 Å². The van der Waals surface area contributed by atoms with Gasteiger partial charge in [0.15, 0.2) is 6.10 Å². The molecule has 0 aromatic carbocycles. The first kappa shape index (κ1) is 15.5. The molecule has 3 unspecified atom stereocenters. The summed E-state index contributed by atoms with van der Waals surface area (Å²) in [5, 5.41) is 20.0. The normalized spacial score (nSPS) is 15.7. The quantitative estimate of drug-likeness (QED) is 0.290. The SMILES string of the molecule is NCC(NC(=O)C(N)CCC=O)C(O)C(=O)O. The Morgan fingerprint density at radius 1 is 1.41 bits per heavy atom. The molecule has 8 heteroatoms. The second-order valence-electron chi connectivity index (χ2n) is 3.48. The highest BCUT2D eigenvalue weighted by atomic mass is 16.4. The van der Waals surface area contributed by atoms with E-state index in [0.717, 1.165) is 0 Å². The van der Waals surface area contributed by atoms with Gasteiger partial charge < -0.3 is 31.8 Å².